The van der Waals surface area contributed by atoms with Crippen molar-refractivity contribution in [3.63, 3.8) is 0 Å². The first kappa shape index (κ1) is 26.5. The van der Waals surface area contributed by atoms with Crippen LogP contribution in [-0.2, 0) is 13.0 Å². The van der Waals surface area contributed by atoms with Crippen LogP contribution < -0.4 is 20.7 Å². The molecular weight excluding hydrogens is 526 g/mol. The van der Waals surface area contributed by atoms with Gasteiger partial charge in [0.2, 0.25) is 5.88 Å². The molecule has 0 spiro atoms. The normalized spacial score (nSPS) is 11.3. The Balaban J connectivity index is 0.00000480. The Hall–Kier alpha value is -2.57. The van der Waals surface area contributed by atoms with Gasteiger partial charge >= 0.3 is 6.18 Å². The van der Waals surface area contributed by atoms with E-state index in [1.807, 2.05) is 18.2 Å². The Morgan fingerprint density at radius 3 is 2.65 bits per heavy atom. The van der Waals surface area contributed by atoms with Crippen LogP contribution in [0, 0.1) is 0 Å². The molecule has 2 rings (SSSR count). The first-order valence-electron chi connectivity index (χ1n) is 9.21. The zero-order valence-electron chi connectivity index (χ0n) is 17.1. The molecule has 11 heteroatoms. The van der Waals surface area contributed by atoms with Crippen molar-refractivity contribution in [3.8, 4) is 5.88 Å². The molecule has 1 aromatic heterocycles. The van der Waals surface area contributed by atoms with Crippen LogP contribution in [-0.4, -0.2) is 50.3 Å². The van der Waals surface area contributed by atoms with Gasteiger partial charge in [0.1, 0.15) is 0 Å². The Morgan fingerprint density at radius 1 is 1.19 bits per heavy atom. The number of nitrogens with zero attached hydrogens (tertiary/aromatic N) is 2. The molecule has 170 valence electrons. The third-order valence-electron chi connectivity index (χ3n) is 4.01. The van der Waals surface area contributed by atoms with E-state index in [9.17, 15) is 18.0 Å². The molecule has 1 aromatic carbocycles. The SMILES string of the molecule is CN=C(NCCc1cccc(C(=O)NC)c1)NCc1cccnc1OCC(F)(F)F.I. The number of alkyl halides is 3. The number of pyridine rings is 1. The number of benzene rings is 1. The van der Waals surface area contributed by atoms with Crippen molar-refractivity contribution in [2.45, 2.75) is 19.1 Å². The maximum atomic E-state index is 12.4. The highest BCUT2D eigenvalue weighted by atomic mass is 127. The quantitative estimate of drug-likeness (QED) is 0.267. The second-order valence-corrected chi connectivity index (χ2v) is 6.25. The molecule has 0 fully saturated rings. The van der Waals surface area contributed by atoms with Gasteiger partial charge in [-0.2, -0.15) is 13.2 Å². The molecule has 0 saturated carbocycles. The third-order valence-corrected chi connectivity index (χ3v) is 4.01. The molecule has 3 N–H and O–H groups in total. The van der Waals surface area contributed by atoms with Crippen LogP contribution in [0.4, 0.5) is 13.2 Å². The van der Waals surface area contributed by atoms with Crippen LogP contribution in [0.5, 0.6) is 5.88 Å². The molecule has 0 radical (unpaired) electrons. The molecule has 7 nitrogen and oxygen atoms in total. The second kappa shape index (κ2) is 13.0. The summed E-state index contributed by atoms with van der Waals surface area (Å²) in [6.45, 7) is -0.673. The highest BCUT2D eigenvalue weighted by Gasteiger charge is 2.29. The van der Waals surface area contributed by atoms with Gasteiger partial charge < -0.3 is 20.7 Å². The lowest BCUT2D eigenvalue weighted by Gasteiger charge is -2.15. The number of guanidine groups is 1. The van der Waals surface area contributed by atoms with Gasteiger partial charge in [0.25, 0.3) is 5.91 Å². The molecule has 0 aliphatic carbocycles. The van der Waals surface area contributed by atoms with Crippen molar-refractivity contribution >= 4 is 35.8 Å². The van der Waals surface area contributed by atoms with Crippen LogP contribution in [0.15, 0.2) is 47.6 Å². The predicted molar refractivity (Wildman–Crippen MR) is 123 cm³/mol. The highest BCUT2D eigenvalue weighted by molar-refractivity contribution is 14.0. The monoisotopic (exact) mass is 551 g/mol. The van der Waals surface area contributed by atoms with Gasteiger partial charge in [-0.1, -0.05) is 18.2 Å². The fraction of sp³-hybridized carbons (Fsp3) is 0.350. The minimum absolute atomic E-state index is 0. The lowest BCUT2D eigenvalue weighted by molar-refractivity contribution is -0.154. The van der Waals surface area contributed by atoms with Crippen LogP contribution in [0.3, 0.4) is 0 Å². The van der Waals surface area contributed by atoms with Crippen molar-refractivity contribution in [1.29, 1.82) is 0 Å². The summed E-state index contributed by atoms with van der Waals surface area (Å²) in [6.07, 6.45) is -2.41. The largest absolute Gasteiger partial charge is 0.468 e. The fourth-order valence-electron chi connectivity index (χ4n) is 2.58. The summed E-state index contributed by atoms with van der Waals surface area (Å²) >= 11 is 0. The number of carbonyl (C=O) groups excluding carboxylic acids is 1. The Morgan fingerprint density at radius 2 is 1.97 bits per heavy atom. The van der Waals surface area contributed by atoms with E-state index in [1.54, 1.807) is 32.3 Å². The van der Waals surface area contributed by atoms with Gasteiger partial charge in [-0.15, -0.1) is 24.0 Å². The Bertz CT molecular complexity index is 878. The van der Waals surface area contributed by atoms with Crippen molar-refractivity contribution < 1.29 is 22.7 Å². The van der Waals surface area contributed by atoms with E-state index in [1.165, 1.54) is 6.20 Å². The summed E-state index contributed by atoms with van der Waals surface area (Å²) in [4.78, 5) is 19.7. The van der Waals surface area contributed by atoms with Gasteiger partial charge in [-0.25, -0.2) is 4.98 Å². The van der Waals surface area contributed by atoms with Gasteiger partial charge in [0, 0.05) is 44.5 Å². The van der Waals surface area contributed by atoms with Crippen molar-refractivity contribution in [3.05, 3.63) is 59.3 Å². The summed E-state index contributed by atoms with van der Waals surface area (Å²) in [6, 6.07) is 10.5. The van der Waals surface area contributed by atoms with E-state index in [2.05, 4.69) is 25.9 Å². The zero-order chi connectivity index (χ0) is 22.0. The number of carbonyl (C=O) groups is 1. The molecule has 0 unspecified atom stereocenters. The molecule has 1 heterocycles. The van der Waals surface area contributed by atoms with Gasteiger partial charge in [0.05, 0.1) is 0 Å². The van der Waals surface area contributed by atoms with Gasteiger partial charge in [-0.05, 0) is 30.2 Å². The number of hydrogen-bond donors (Lipinski definition) is 3. The maximum absolute atomic E-state index is 12.4. The van der Waals surface area contributed by atoms with Crippen molar-refractivity contribution in [2.24, 2.45) is 4.99 Å². The number of halogens is 4. The van der Waals surface area contributed by atoms with Crippen molar-refractivity contribution in [1.82, 2.24) is 20.9 Å². The highest BCUT2D eigenvalue weighted by Crippen LogP contribution is 2.19. The van der Waals surface area contributed by atoms with Crippen LogP contribution in [0.2, 0.25) is 0 Å². The predicted octanol–water partition coefficient (Wildman–Crippen LogP) is 2.91. The molecule has 0 saturated heterocycles. The molecular formula is C20H25F3IN5O2. The molecule has 1 amide bonds. The molecule has 31 heavy (non-hydrogen) atoms. The lowest BCUT2D eigenvalue weighted by atomic mass is 10.1. The number of nitrogens with one attached hydrogen (secondary N) is 3. The lowest BCUT2D eigenvalue weighted by Crippen LogP contribution is -2.38. The number of aromatic nitrogens is 1. The summed E-state index contributed by atoms with van der Waals surface area (Å²) in [5, 5.41) is 8.73. The number of hydrogen-bond acceptors (Lipinski definition) is 4. The standard InChI is InChI=1S/C20H24F3N5O2.HI/c1-24-17(29)15-6-3-5-14(11-15)8-10-27-19(25-2)28-12-16-7-4-9-26-18(16)30-13-20(21,22)23;/h3-7,9,11H,8,10,12-13H2,1-2H3,(H,24,29)(H2,25,27,28);1H. The van der Waals surface area contributed by atoms with Gasteiger partial charge in [-0.3, -0.25) is 9.79 Å². The van der Waals surface area contributed by atoms with E-state index in [0.717, 1.165) is 5.56 Å². The number of aliphatic imine (C=N–C) groups is 1. The average molecular weight is 551 g/mol. The molecule has 0 aliphatic rings. The summed E-state index contributed by atoms with van der Waals surface area (Å²) in [5.74, 6) is 0.245. The van der Waals surface area contributed by atoms with Crippen LogP contribution in [0.1, 0.15) is 21.5 Å². The first-order chi connectivity index (χ1) is 14.3. The molecule has 0 bridgehead atoms. The summed E-state index contributed by atoms with van der Waals surface area (Å²) in [7, 11) is 3.17. The van der Waals surface area contributed by atoms with E-state index >= 15 is 0 Å². The third kappa shape index (κ3) is 9.40. The zero-order valence-corrected chi connectivity index (χ0v) is 19.5. The van der Waals surface area contributed by atoms with Gasteiger partial charge in [0.15, 0.2) is 12.6 Å². The Kier molecular flexibility index (Phi) is 11.1. The van der Waals surface area contributed by atoms with Crippen LogP contribution >= 0.6 is 24.0 Å². The summed E-state index contributed by atoms with van der Waals surface area (Å²) < 4.78 is 41.9. The molecule has 0 aliphatic heterocycles. The maximum Gasteiger partial charge on any atom is 0.422 e. The van der Waals surface area contributed by atoms with Crippen molar-refractivity contribution in [2.75, 3.05) is 27.2 Å². The number of rotatable bonds is 8. The minimum Gasteiger partial charge on any atom is -0.468 e. The minimum atomic E-state index is -4.44. The second-order valence-electron chi connectivity index (χ2n) is 6.25. The number of amides is 1. The topological polar surface area (TPSA) is 87.6 Å². The van der Waals surface area contributed by atoms with E-state index in [4.69, 9.17) is 4.74 Å². The number of ether oxygens (including phenoxy) is 1. The summed E-state index contributed by atoms with van der Waals surface area (Å²) in [5.41, 5.74) is 2.04. The van der Waals surface area contributed by atoms with E-state index in [0.29, 0.717) is 30.1 Å². The molecule has 0 atom stereocenters. The molecule has 2 aromatic rings. The van der Waals surface area contributed by atoms with Crippen LogP contribution in [0.25, 0.3) is 0 Å². The van der Waals surface area contributed by atoms with E-state index in [-0.39, 0.29) is 42.3 Å². The average Bonchev–Trinajstić information content (AvgIpc) is 2.74. The smallest absolute Gasteiger partial charge is 0.422 e. The first-order valence-corrected chi connectivity index (χ1v) is 9.21. The van der Waals surface area contributed by atoms with E-state index < -0.39 is 12.8 Å². The fourth-order valence-corrected chi connectivity index (χ4v) is 2.58. The Labute approximate surface area is 195 Å².